The van der Waals surface area contributed by atoms with E-state index in [1.165, 1.54) is 22.3 Å². The van der Waals surface area contributed by atoms with Crippen LogP contribution in [-0.4, -0.2) is 0 Å². The Hall–Kier alpha value is -4.10. The van der Waals surface area contributed by atoms with Crippen LogP contribution in [0.5, 0.6) is 0 Å². The molecule has 148 valence electrons. The lowest BCUT2D eigenvalue weighted by atomic mass is 9.95. The van der Waals surface area contributed by atoms with E-state index in [4.69, 9.17) is 5.73 Å². The molecule has 0 saturated heterocycles. The monoisotopic (exact) mass is 397 g/mol. The summed E-state index contributed by atoms with van der Waals surface area (Å²) in [4.78, 5) is 0. The summed E-state index contributed by atoms with van der Waals surface area (Å²) in [5.41, 5.74) is 16.5. The topological polar surface area (TPSA) is 26.0 Å². The van der Waals surface area contributed by atoms with Gasteiger partial charge in [-0.15, -0.1) is 0 Å². The van der Waals surface area contributed by atoms with E-state index in [1.807, 2.05) is 24.3 Å². The number of hydrogen-bond donors (Lipinski definition) is 1. The van der Waals surface area contributed by atoms with E-state index in [-0.39, 0.29) is 0 Å². The summed E-state index contributed by atoms with van der Waals surface area (Å²) in [5, 5.41) is 0. The molecule has 1 nitrogen and oxygen atoms in total. The van der Waals surface area contributed by atoms with Gasteiger partial charge in [-0.25, -0.2) is 0 Å². The summed E-state index contributed by atoms with van der Waals surface area (Å²) >= 11 is 0. The van der Waals surface area contributed by atoms with Gasteiger partial charge in [-0.3, -0.25) is 0 Å². The highest BCUT2D eigenvalue weighted by Crippen LogP contribution is 2.32. The molecule has 5 aromatic rings. The smallest absolute Gasteiger partial charge is 0.0326 e. The Labute approximate surface area is 183 Å². The van der Waals surface area contributed by atoms with Crippen LogP contribution in [0.2, 0.25) is 0 Å². The standard InChI is InChI=1S/C30H23N/c31-30-20-28(26-15-11-24(12-16-26)22-7-3-1-4-8-22)19-29(21-30)27-17-13-25(14-18-27)23-9-5-2-6-10-23/h1-21H,31H2. The number of benzene rings is 5. The molecule has 2 N–H and O–H groups in total. The summed E-state index contributed by atoms with van der Waals surface area (Å²) in [7, 11) is 0. The van der Waals surface area contributed by atoms with Crippen LogP contribution in [0.25, 0.3) is 44.5 Å². The molecule has 5 rings (SSSR count). The van der Waals surface area contributed by atoms with Gasteiger partial charge in [0.2, 0.25) is 0 Å². The van der Waals surface area contributed by atoms with Crippen LogP contribution < -0.4 is 5.73 Å². The molecule has 1 heteroatoms. The lowest BCUT2D eigenvalue weighted by Gasteiger charge is -2.10. The Morgan fingerprint density at radius 3 is 0.935 bits per heavy atom. The molecular formula is C30H23N. The van der Waals surface area contributed by atoms with Crippen LogP contribution in [0, 0.1) is 0 Å². The maximum Gasteiger partial charge on any atom is 0.0326 e. The number of hydrogen-bond acceptors (Lipinski definition) is 1. The van der Waals surface area contributed by atoms with E-state index >= 15 is 0 Å². The molecule has 0 radical (unpaired) electrons. The predicted octanol–water partition coefficient (Wildman–Crippen LogP) is 7.94. The highest BCUT2D eigenvalue weighted by molar-refractivity contribution is 5.79. The molecule has 0 fully saturated rings. The summed E-state index contributed by atoms with van der Waals surface area (Å²) in [6.07, 6.45) is 0. The van der Waals surface area contributed by atoms with Gasteiger partial charge in [0, 0.05) is 5.69 Å². The van der Waals surface area contributed by atoms with Crippen molar-refractivity contribution in [3.63, 3.8) is 0 Å². The van der Waals surface area contributed by atoms with Crippen LogP contribution in [0.3, 0.4) is 0 Å². The first-order valence-corrected chi connectivity index (χ1v) is 10.5. The number of rotatable bonds is 4. The van der Waals surface area contributed by atoms with Crippen molar-refractivity contribution in [2.45, 2.75) is 0 Å². The molecule has 0 heterocycles. The summed E-state index contributed by atoms with van der Waals surface area (Å²) in [5.74, 6) is 0. The fourth-order valence-electron chi connectivity index (χ4n) is 3.96. The quantitative estimate of drug-likeness (QED) is 0.306. The van der Waals surface area contributed by atoms with Gasteiger partial charge in [0.1, 0.15) is 0 Å². The third-order valence-corrected chi connectivity index (χ3v) is 5.61. The van der Waals surface area contributed by atoms with Gasteiger partial charge in [0.05, 0.1) is 0 Å². The van der Waals surface area contributed by atoms with Gasteiger partial charge in [0.15, 0.2) is 0 Å². The highest BCUT2D eigenvalue weighted by atomic mass is 14.5. The Kier molecular flexibility index (Phi) is 5.08. The van der Waals surface area contributed by atoms with Gasteiger partial charge < -0.3 is 5.73 Å². The van der Waals surface area contributed by atoms with Crippen molar-refractivity contribution in [2.24, 2.45) is 0 Å². The molecule has 31 heavy (non-hydrogen) atoms. The molecule has 0 saturated carbocycles. The fraction of sp³-hybridized carbons (Fsp3) is 0. The Bertz CT molecular complexity index is 1190. The van der Waals surface area contributed by atoms with Crippen molar-refractivity contribution in [1.82, 2.24) is 0 Å². The molecule has 0 unspecified atom stereocenters. The average Bonchev–Trinajstić information content (AvgIpc) is 2.85. The van der Waals surface area contributed by atoms with Crippen LogP contribution in [0.4, 0.5) is 5.69 Å². The minimum Gasteiger partial charge on any atom is -0.399 e. The molecule has 0 aliphatic rings. The van der Waals surface area contributed by atoms with E-state index in [9.17, 15) is 0 Å². The van der Waals surface area contributed by atoms with E-state index in [2.05, 4.69) is 103 Å². The molecule has 0 atom stereocenters. The van der Waals surface area contributed by atoms with Crippen molar-refractivity contribution < 1.29 is 0 Å². The highest BCUT2D eigenvalue weighted by Gasteiger charge is 2.06. The molecule has 0 aromatic heterocycles. The molecule has 0 aliphatic carbocycles. The zero-order valence-electron chi connectivity index (χ0n) is 17.2. The Morgan fingerprint density at radius 2 is 0.581 bits per heavy atom. The minimum absolute atomic E-state index is 0.770. The van der Waals surface area contributed by atoms with Crippen molar-refractivity contribution in [3.05, 3.63) is 127 Å². The van der Waals surface area contributed by atoms with Crippen molar-refractivity contribution >= 4 is 5.69 Å². The number of anilines is 1. The molecule has 0 spiro atoms. The fourth-order valence-corrected chi connectivity index (χ4v) is 3.96. The minimum atomic E-state index is 0.770. The van der Waals surface area contributed by atoms with E-state index in [0.717, 1.165) is 27.9 Å². The first-order chi connectivity index (χ1) is 15.3. The lowest BCUT2D eigenvalue weighted by Crippen LogP contribution is -1.89. The third kappa shape index (κ3) is 4.12. The summed E-state index contributed by atoms with van der Waals surface area (Å²) in [6.45, 7) is 0. The second kappa shape index (κ2) is 8.33. The maximum atomic E-state index is 6.28. The third-order valence-electron chi connectivity index (χ3n) is 5.61. The zero-order chi connectivity index (χ0) is 21.0. The van der Waals surface area contributed by atoms with Gasteiger partial charge in [-0.2, -0.15) is 0 Å². The van der Waals surface area contributed by atoms with Crippen molar-refractivity contribution in [3.8, 4) is 44.5 Å². The molecule has 0 bridgehead atoms. The van der Waals surface area contributed by atoms with Crippen LogP contribution in [-0.2, 0) is 0 Å². The first-order valence-electron chi connectivity index (χ1n) is 10.5. The summed E-state index contributed by atoms with van der Waals surface area (Å²) in [6, 6.07) is 44.5. The van der Waals surface area contributed by atoms with E-state index in [1.54, 1.807) is 0 Å². The van der Waals surface area contributed by atoms with Crippen molar-refractivity contribution in [2.75, 3.05) is 5.73 Å². The van der Waals surface area contributed by atoms with Gasteiger partial charge in [-0.1, -0.05) is 109 Å². The zero-order valence-corrected chi connectivity index (χ0v) is 17.2. The Balaban J connectivity index is 1.45. The number of nitrogen functional groups attached to an aromatic ring is 1. The molecule has 0 amide bonds. The van der Waals surface area contributed by atoms with E-state index < -0.39 is 0 Å². The second-order valence-corrected chi connectivity index (χ2v) is 7.73. The largest absolute Gasteiger partial charge is 0.399 e. The van der Waals surface area contributed by atoms with Crippen LogP contribution in [0.15, 0.2) is 127 Å². The maximum absolute atomic E-state index is 6.28. The molecule has 0 aliphatic heterocycles. The Morgan fingerprint density at radius 1 is 0.290 bits per heavy atom. The van der Waals surface area contributed by atoms with Crippen molar-refractivity contribution in [1.29, 1.82) is 0 Å². The molecule has 5 aromatic carbocycles. The molecular weight excluding hydrogens is 374 g/mol. The average molecular weight is 398 g/mol. The first kappa shape index (κ1) is 18.9. The van der Waals surface area contributed by atoms with Crippen LogP contribution >= 0.6 is 0 Å². The van der Waals surface area contributed by atoms with E-state index in [0.29, 0.717) is 0 Å². The second-order valence-electron chi connectivity index (χ2n) is 7.73. The van der Waals surface area contributed by atoms with Gasteiger partial charge in [0.25, 0.3) is 0 Å². The lowest BCUT2D eigenvalue weighted by molar-refractivity contribution is 1.56. The number of nitrogens with two attached hydrogens (primary N) is 1. The SMILES string of the molecule is Nc1cc(-c2ccc(-c3ccccc3)cc2)cc(-c2ccc(-c3ccccc3)cc2)c1. The normalized spacial score (nSPS) is 10.7. The van der Waals surface area contributed by atoms with Crippen LogP contribution in [0.1, 0.15) is 0 Å². The van der Waals surface area contributed by atoms with Gasteiger partial charge in [-0.05, 0) is 62.7 Å². The summed E-state index contributed by atoms with van der Waals surface area (Å²) < 4.78 is 0. The predicted molar refractivity (Wildman–Crippen MR) is 133 cm³/mol. The van der Waals surface area contributed by atoms with Gasteiger partial charge >= 0.3 is 0 Å².